The first-order valence-electron chi connectivity index (χ1n) is 8.14. The molecule has 0 unspecified atom stereocenters. The Bertz CT molecular complexity index is 635. The summed E-state index contributed by atoms with van der Waals surface area (Å²) in [6.07, 6.45) is 1.55. The van der Waals surface area contributed by atoms with Crippen LogP contribution in [0.3, 0.4) is 0 Å². The maximum Gasteiger partial charge on any atom is 0.408 e. The zero-order valence-corrected chi connectivity index (χ0v) is 16.0. The van der Waals surface area contributed by atoms with E-state index in [0.717, 1.165) is 24.0 Å². The van der Waals surface area contributed by atoms with Gasteiger partial charge < -0.3 is 10.1 Å². The van der Waals surface area contributed by atoms with Crippen molar-refractivity contribution in [3.63, 3.8) is 0 Å². The molecule has 23 heavy (non-hydrogen) atoms. The van der Waals surface area contributed by atoms with Gasteiger partial charge in [0.15, 0.2) is 0 Å². The standard InChI is InChI=1S/C19H27NO2Si/c1-18(2,3)22-17(21)20-19(12-13-19)16-9-7-15(8-10-16)11-14-23(4,5)6/h7-10H,12-13H2,1-6H3,(H,20,21). The molecule has 0 saturated heterocycles. The summed E-state index contributed by atoms with van der Waals surface area (Å²) in [6, 6.07) is 8.22. The van der Waals surface area contributed by atoms with E-state index in [2.05, 4.69) is 48.6 Å². The fraction of sp³-hybridized carbons (Fsp3) is 0.526. The van der Waals surface area contributed by atoms with Crippen molar-refractivity contribution in [1.82, 2.24) is 5.32 Å². The lowest BCUT2D eigenvalue weighted by atomic mass is 10.0. The number of carbonyl (C=O) groups excluding carboxylic acids is 1. The lowest BCUT2D eigenvalue weighted by Gasteiger charge is -2.23. The van der Waals surface area contributed by atoms with Gasteiger partial charge in [-0.15, -0.1) is 5.54 Å². The molecule has 1 N–H and O–H groups in total. The summed E-state index contributed by atoms with van der Waals surface area (Å²) in [5.74, 6) is 3.26. The van der Waals surface area contributed by atoms with Gasteiger partial charge in [-0.05, 0) is 51.3 Å². The quantitative estimate of drug-likeness (QED) is 0.644. The third kappa shape index (κ3) is 5.44. The Morgan fingerprint density at radius 1 is 1.17 bits per heavy atom. The molecular formula is C19H27NO2Si. The zero-order chi connectivity index (χ0) is 17.3. The van der Waals surface area contributed by atoms with Gasteiger partial charge in [0.05, 0.1) is 5.54 Å². The lowest BCUT2D eigenvalue weighted by molar-refractivity contribution is 0.0495. The minimum Gasteiger partial charge on any atom is -0.444 e. The van der Waals surface area contributed by atoms with Crippen LogP contribution in [-0.4, -0.2) is 19.8 Å². The van der Waals surface area contributed by atoms with Gasteiger partial charge in [-0.2, -0.15) is 0 Å². The SMILES string of the molecule is CC(C)(C)OC(=O)NC1(c2ccc(C#C[Si](C)(C)C)cc2)CC1. The molecular weight excluding hydrogens is 302 g/mol. The molecule has 124 valence electrons. The van der Waals surface area contributed by atoms with Crippen molar-refractivity contribution < 1.29 is 9.53 Å². The molecule has 2 rings (SSSR count). The minimum atomic E-state index is -1.36. The summed E-state index contributed by atoms with van der Waals surface area (Å²) < 4.78 is 5.37. The predicted octanol–water partition coefficient (Wildman–Crippen LogP) is 4.43. The molecule has 1 saturated carbocycles. The molecule has 4 heteroatoms. The minimum absolute atomic E-state index is 0.257. The maximum absolute atomic E-state index is 12.0. The topological polar surface area (TPSA) is 38.3 Å². The highest BCUT2D eigenvalue weighted by Crippen LogP contribution is 2.45. The van der Waals surface area contributed by atoms with Crippen LogP contribution in [0.5, 0.6) is 0 Å². The van der Waals surface area contributed by atoms with E-state index in [1.54, 1.807) is 0 Å². The number of rotatable bonds is 2. The van der Waals surface area contributed by atoms with Crippen molar-refractivity contribution in [3.8, 4) is 11.5 Å². The molecule has 1 aromatic carbocycles. The number of benzene rings is 1. The molecule has 0 atom stereocenters. The number of alkyl carbamates (subject to hydrolysis) is 1. The first kappa shape index (κ1) is 17.6. The van der Waals surface area contributed by atoms with E-state index in [4.69, 9.17) is 4.74 Å². The Labute approximate surface area is 140 Å². The fourth-order valence-electron chi connectivity index (χ4n) is 2.24. The Hall–Kier alpha value is -1.73. The Kier molecular flexibility index (Phi) is 4.63. The van der Waals surface area contributed by atoms with Crippen LogP contribution in [0, 0.1) is 11.5 Å². The predicted molar refractivity (Wildman–Crippen MR) is 96.9 cm³/mol. The second-order valence-corrected chi connectivity index (χ2v) is 13.0. The third-order valence-electron chi connectivity index (χ3n) is 3.51. The monoisotopic (exact) mass is 329 g/mol. The van der Waals surface area contributed by atoms with Crippen molar-refractivity contribution in [1.29, 1.82) is 0 Å². The lowest BCUT2D eigenvalue weighted by Crippen LogP contribution is -2.39. The summed E-state index contributed by atoms with van der Waals surface area (Å²) in [5.41, 5.74) is 4.79. The summed E-state index contributed by atoms with van der Waals surface area (Å²) in [4.78, 5) is 12.0. The van der Waals surface area contributed by atoms with Gasteiger partial charge in [-0.25, -0.2) is 4.79 Å². The molecule has 1 aromatic rings. The average Bonchev–Trinajstić information content (AvgIpc) is 3.14. The smallest absolute Gasteiger partial charge is 0.408 e. The maximum atomic E-state index is 12.0. The zero-order valence-electron chi connectivity index (χ0n) is 15.0. The highest BCUT2D eigenvalue weighted by atomic mass is 28.3. The van der Waals surface area contributed by atoms with Gasteiger partial charge >= 0.3 is 6.09 Å². The normalized spacial score (nSPS) is 16.1. The number of hydrogen-bond donors (Lipinski definition) is 1. The van der Waals surface area contributed by atoms with Crippen LogP contribution >= 0.6 is 0 Å². The first-order valence-corrected chi connectivity index (χ1v) is 11.6. The molecule has 1 aliphatic rings. The van der Waals surface area contributed by atoms with Crippen molar-refractivity contribution in [2.45, 2.75) is 64.4 Å². The molecule has 0 heterocycles. The highest BCUT2D eigenvalue weighted by molar-refractivity contribution is 6.83. The number of carbonyl (C=O) groups is 1. The van der Waals surface area contributed by atoms with Gasteiger partial charge in [0.25, 0.3) is 0 Å². The van der Waals surface area contributed by atoms with E-state index in [-0.39, 0.29) is 11.6 Å². The Morgan fingerprint density at radius 2 is 1.74 bits per heavy atom. The van der Waals surface area contributed by atoms with E-state index >= 15 is 0 Å². The molecule has 0 radical (unpaired) electrons. The Morgan fingerprint density at radius 3 is 2.17 bits per heavy atom. The van der Waals surface area contributed by atoms with Crippen molar-refractivity contribution in [2.75, 3.05) is 0 Å². The number of ether oxygens (including phenoxy) is 1. The average molecular weight is 330 g/mol. The van der Waals surface area contributed by atoms with Crippen LogP contribution in [-0.2, 0) is 10.3 Å². The molecule has 1 aliphatic carbocycles. The molecule has 0 aromatic heterocycles. The summed E-state index contributed by atoms with van der Waals surface area (Å²) in [6.45, 7) is 12.3. The van der Waals surface area contributed by atoms with E-state index in [9.17, 15) is 4.79 Å². The molecule has 1 amide bonds. The van der Waals surface area contributed by atoms with Crippen molar-refractivity contribution in [2.24, 2.45) is 0 Å². The van der Waals surface area contributed by atoms with E-state index in [0.29, 0.717) is 0 Å². The van der Waals surface area contributed by atoms with E-state index < -0.39 is 13.7 Å². The highest BCUT2D eigenvalue weighted by Gasteiger charge is 2.46. The number of nitrogens with one attached hydrogen (secondary N) is 1. The van der Waals surface area contributed by atoms with Crippen LogP contribution in [0.15, 0.2) is 24.3 Å². The van der Waals surface area contributed by atoms with Crippen LogP contribution in [0.1, 0.15) is 44.7 Å². The molecule has 0 aliphatic heterocycles. The van der Waals surface area contributed by atoms with Gasteiger partial charge in [0.1, 0.15) is 13.7 Å². The van der Waals surface area contributed by atoms with Gasteiger partial charge in [-0.3, -0.25) is 0 Å². The van der Waals surface area contributed by atoms with Gasteiger partial charge in [0.2, 0.25) is 0 Å². The van der Waals surface area contributed by atoms with Crippen LogP contribution in [0.25, 0.3) is 0 Å². The van der Waals surface area contributed by atoms with Gasteiger partial charge in [-0.1, -0.05) is 37.7 Å². The Balaban J connectivity index is 2.07. The van der Waals surface area contributed by atoms with Gasteiger partial charge in [0, 0.05) is 5.56 Å². The van der Waals surface area contributed by atoms with Crippen LogP contribution in [0.2, 0.25) is 19.6 Å². The van der Waals surface area contributed by atoms with Crippen molar-refractivity contribution >= 4 is 14.2 Å². The number of hydrogen-bond acceptors (Lipinski definition) is 2. The fourth-order valence-corrected chi connectivity index (χ4v) is 2.76. The summed E-state index contributed by atoms with van der Waals surface area (Å²) >= 11 is 0. The van der Waals surface area contributed by atoms with Crippen LogP contribution in [0.4, 0.5) is 4.79 Å². The van der Waals surface area contributed by atoms with Crippen molar-refractivity contribution in [3.05, 3.63) is 35.4 Å². The van der Waals surface area contributed by atoms with Crippen LogP contribution < -0.4 is 5.32 Å². The molecule has 3 nitrogen and oxygen atoms in total. The largest absolute Gasteiger partial charge is 0.444 e. The third-order valence-corrected chi connectivity index (χ3v) is 4.38. The second-order valence-electron chi connectivity index (χ2n) is 8.29. The molecule has 1 fully saturated rings. The van der Waals surface area contributed by atoms with E-state index in [1.807, 2.05) is 32.9 Å². The number of amides is 1. The molecule has 0 bridgehead atoms. The second kappa shape index (κ2) is 6.05. The summed E-state index contributed by atoms with van der Waals surface area (Å²) in [5, 5.41) is 3.03. The van der Waals surface area contributed by atoms with E-state index in [1.165, 1.54) is 0 Å². The first-order chi connectivity index (χ1) is 10.5. The molecule has 0 spiro atoms. The summed E-state index contributed by atoms with van der Waals surface area (Å²) in [7, 11) is -1.36.